The minimum absolute atomic E-state index is 0.0212. The molecular formula is C19H24BrFN6O2. The molecule has 0 unspecified atom stereocenters. The maximum Gasteiger partial charge on any atom is 0.353 e. The quantitative estimate of drug-likeness (QED) is 0.431. The van der Waals surface area contributed by atoms with E-state index in [-0.39, 0.29) is 40.1 Å². The molecule has 1 aliphatic heterocycles. The highest BCUT2D eigenvalue weighted by Crippen LogP contribution is 2.36. The molecule has 3 N–H and O–H groups in total. The van der Waals surface area contributed by atoms with Crippen LogP contribution >= 0.6 is 15.9 Å². The van der Waals surface area contributed by atoms with E-state index < -0.39 is 10.7 Å². The second kappa shape index (κ2) is 7.83. The molecule has 1 aliphatic rings. The van der Waals surface area contributed by atoms with Crippen LogP contribution in [0.3, 0.4) is 0 Å². The SMILES string of the molecule is CC1(C)CC(Nc2ncnc(Nc3ccc(Br)cc3F)c2[N+](=O)[O-])CC(C)(C)N1. The molecule has 1 aromatic heterocycles. The van der Waals surface area contributed by atoms with Gasteiger partial charge in [0.1, 0.15) is 12.1 Å². The molecule has 0 aliphatic carbocycles. The van der Waals surface area contributed by atoms with Crippen molar-refractivity contribution in [3.8, 4) is 0 Å². The molecule has 0 spiro atoms. The molecule has 10 heteroatoms. The molecule has 0 saturated carbocycles. The van der Waals surface area contributed by atoms with Gasteiger partial charge in [0.2, 0.25) is 11.6 Å². The van der Waals surface area contributed by atoms with Crippen LogP contribution in [0.5, 0.6) is 0 Å². The normalized spacial score (nSPS) is 18.3. The fourth-order valence-electron chi connectivity index (χ4n) is 4.08. The van der Waals surface area contributed by atoms with Crippen LogP contribution < -0.4 is 16.0 Å². The lowest BCUT2D eigenvalue weighted by molar-refractivity contribution is -0.383. The monoisotopic (exact) mass is 466 g/mol. The molecule has 1 fully saturated rings. The van der Waals surface area contributed by atoms with Gasteiger partial charge in [-0.05, 0) is 58.7 Å². The number of benzene rings is 1. The summed E-state index contributed by atoms with van der Waals surface area (Å²) >= 11 is 3.19. The number of halogens is 2. The molecule has 156 valence electrons. The Hall–Kier alpha value is -2.33. The minimum atomic E-state index is -0.557. The third kappa shape index (κ3) is 5.18. The van der Waals surface area contributed by atoms with Crippen LogP contribution in [0.25, 0.3) is 0 Å². The van der Waals surface area contributed by atoms with Crippen molar-refractivity contribution in [2.45, 2.75) is 57.7 Å². The Bertz CT molecular complexity index is 921. The number of anilines is 3. The van der Waals surface area contributed by atoms with Gasteiger partial charge in [-0.2, -0.15) is 0 Å². The standard InChI is InChI=1S/C19H24BrFN6O2/c1-18(2)8-12(9-19(3,4)26-18)24-16-15(27(28)29)17(23-10-22-16)25-14-6-5-11(20)7-13(14)21/h5-7,10,12,26H,8-9H2,1-4H3,(H2,22,23,24,25). The Balaban J connectivity index is 1.92. The first-order valence-electron chi connectivity index (χ1n) is 9.23. The zero-order valence-corrected chi connectivity index (χ0v) is 18.3. The third-order valence-corrected chi connectivity index (χ3v) is 5.21. The van der Waals surface area contributed by atoms with E-state index >= 15 is 0 Å². The molecular weight excluding hydrogens is 443 g/mol. The van der Waals surface area contributed by atoms with Gasteiger partial charge < -0.3 is 16.0 Å². The van der Waals surface area contributed by atoms with E-state index in [1.54, 1.807) is 6.07 Å². The van der Waals surface area contributed by atoms with E-state index in [4.69, 9.17) is 0 Å². The van der Waals surface area contributed by atoms with Crippen LogP contribution in [0.2, 0.25) is 0 Å². The summed E-state index contributed by atoms with van der Waals surface area (Å²) in [6.07, 6.45) is 2.76. The first-order chi connectivity index (χ1) is 13.5. The summed E-state index contributed by atoms with van der Waals surface area (Å²) in [5.41, 5.74) is -0.500. The van der Waals surface area contributed by atoms with Crippen molar-refractivity contribution >= 4 is 38.9 Å². The van der Waals surface area contributed by atoms with Gasteiger partial charge in [-0.15, -0.1) is 0 Å². The van der Waals surface area contributed by atoms with Crippen molar-refractivity contribution in [2.24, 2.45) is 0 Å². The van der Waals surface area contributed by atoms with E-state index in [1.165, 1.54) is 18.5 Å². The fraction of sp³-hybridized carbons (Fsp3) is 0.474. The highest BCUT2D eigenvalue weighted by atomic mass is 79.9. The lowest BCUT2D eigenvalue weighted by Gasteiger charge is -2.46. The molecule has 1 saturated heterocycles. The molecule has 2 aromatic rings. The number of rotatable bonds is 5. The number of nitrogens with one attached hydrogen (secondary N) is 3. The Labute approximate surface area is 177 Å². The molecule has 8 nitrogen and oxygen atoms in total. The van der Waals surface area contributed by atoms with Crippen molar-refractivity contribution in [3.63, 3.8) is 0 Å². The predicted molar refractivity (Wildman–Crippen MR) is 114 cm³/mol. The Kier molecular flexibility index (Phi) is 5.77. The first-order valence-corrected chi connectivity index (χ1v) is 10.0. The van der Waals surface area contributed by atoms with Gasteiger partial charge in [0.05, 0.1) is 10.6 Å². The summed E-state index contributed by atoms with van der Waals surface area (Å²) < 4.78 is 14.8. The molecule has 0 radical (unpaired) electrons. The topological polar surface area (TPSA) is 105 Å². The van der Waals surface area contributed by atoms with Crippen molar-refractivity contribution in [3.05, 3.63) is 44.9 Å². The highest BCUT2D eigenvalue weighted by Gasteiger charge is 2.38. The number of hydrogen-bond acceptors (Lipinski definition) is 7. The third-order valence-electron chi connectivity index (χ3n) is 4.72. The molecule has 0 atom stereocenters. The smallest absolute Gasteiger partial charge is 0.353 e. The molecule has 2 heterocycles. The maximum absolute atomic E-state index is 14.2. The molecule has 29 heavy (non-hydrogen) atoms. The summed E-state index contributed by atoms with van der Waals surface area (Å²) in [6, 6.07) is 4.37. The van der Waals surface area contributed by atoms with Gasteiger partial charge in [-0.25, -0.2) is 14.4 Å². The summed E-state index contributed by atoms with van der Waals surface area (Å²) in [6.45, 7) is 8.39. The molecule has 0 bridgehead atoms. The maximum atomic E-state index is 14.2. The van der Waals surface area contributed by atoms with Gasteiger partial charge >= 0.3 is 5.69 Å². The van der Waals surface area contributed by atoms with Gasteiger partial charge in [0.25, 0.3) is 0 Å². The number of aromatic nitrogens is 2. The van der Waals surface area contributed by atoms with E-state index in [9.17, 15) is 14.5 Å². The van der Waals surface area contributed by atoms with Crippen molar-refractivity contribution in [2.75, 3.05) is 10.6 Å². The second-order valence-electron chi connectivity index (χ2n) is 8.57. The first kappa shape index (κ1) is 21.4. The minimum Gasteiger partial charge on any atom is -0.361 e. The van der Waals surface area contributed by atoms with Gasteiger partial charge in [0.15, 0.2) is 0 Å². The zero-order chi connectivity index (χ0) is 21.4. The summed E-state index contributed by atoms with van der Waals surface area (Å²) in [7, 11) is 0. The van der Waals surface area contributed by atoms with Gasteiger partial charge in [-0.1, -0.05) is 15.9 Å². The Morgan fingerprint density at radius 3 is 2.41 bits per heavy atom. The van der Waals surface area contributed by atoms with Crippen molar-refractivity contribution in [1.29, 1.82) is 0 Å². The number of nitro groups is 1. The van der Waals surface area contributed by atoms with Crippen LogP contribution in [-0.2, 0) is 0 Å². The summed E-state index contributed by atoms with van der Waals surface area (Å²) in [5.74, 6) is -0.506. The molecule has 0 amide bonds. The molecule has 1 aromatic carbocycles. The second-order valence-corrected chi connectivity index (χ2v) is 9.48. The molecule has 3 rings (SSSR count). The number of piperidine rings is 1. The average Bonchev–Trinajstić information content (AvgIpc) is 2.54. The van der Waals surface area contributed by atoms with Crippen molar-refractivity contribution in [1.82, 2.24) is 15.3 Å². The fourth-order valence-corrected chi connectivity index (χ4v) is 4.42. The van der Waals surface area contributed by atoms with Crippen LogP contribution in [0.15, 0.2) is 29.0 Å². The van der Waals surface area contributed by atoms with Crippen molar-refractivity contribution < 1.29 is 9.31 Å². The number of nitrogens with zero attached hydrogens (tertiary/aromatic N) is 3. The largest absolute Gasteiger partial charge is 0.361 e. The van der Waals surface area contributed by atoms with E-state index in [0.29, 0.717) is 4.47 Å². The summed E-state index contributed by atoms with van der Waals surface area (Å²) in [5, 5.41) is 21.3. The highest BCUT2D eigenvalue weighted by molar-refractivity contribution is 9.10. The van der Waals surface area contributed by atoms with Crippen LogP contribution in [0.1, 0.15) is 40.5 Å². The average molecular weight is 467 g/mol. The van der Waals surface area contributed by atoms with E-state index in [1.807, 2.05) is 0 Å². The van der Waals surface area contributed by atoms with Gasteiger partial charge in [0, 0.05) is 21.6 Å². The van der Waals surface area contributed by atoms with Crippen LogP contribution in [-0.4, -0.2) is 32.0 Å². The number of hydrogen-bond donors (Lipinski definition) is 3. The van der Waals surface area contributed by atoms with Crippen LogP contribution in [0.4, 0.5) is 27.4 Å². The predicted octanol–water partition coefficient (Wildman–Crippen LogP) is 4.75. The lowest BCUT2D eigenvalue weighted by atomic mass is 9.79. The lowest BCUT2D eigenvalue weighted by Crippen LogP contribution is -2.60. The Morgan fingerprint density at radius 2 is 1.83 bits per heavy atom. The van der Waals surface area contributed by atoms with Gasteiger partial charge in [-0.3, -0.25) is 10.1 Å². The Morgan fingerprint density at radius 1 is 1.21 bits per heavy atom. The zero-order valence-electron chi connectivity index (χ0n) is 16.7. The summed E-state index contributed by atoms with van der Waals surface area (Å²) in [4.78, 5) is 19.3. The van der Waals surface area contributed by atoms with E-state index in [0.717, 1.165) is 12.8 Å². The van der Waals surface area contributed by atoms with Crippen LogP contribution in [0, 0.1) is 15.9 Å². The van der Waals surface area contributed by atoms with E-state index in [2.05, 4.69) is 69.5 Å².